The molecular formula is C8H7ClF2O. The van der Waals surface area contributed by atoms with E-state index < -0.39 is 17.2 Å². The summed E-state index contributed by atoms with van der Waals surface area (Å²) >= 11 is 5.47. The fraction of sp³-hybridized carbons (Fsp3) is 0.250. The van der Waals surface area contributed by atoms with Gasteiger partial charge in [-0.25, -0.2) is 8.78 Å². The molecule has 0 bridgehead atoms. The summed E-state index contributed by atoms with van der Waals surface area (Å²) in [4.78, 5) is 0. The quantitative estimate of drug-likeness (QED) is 0.725. The maximum atomic E-state index is 12.7. The van der Waals surface area contributed by atoms with Crippen LogP contribution in [0.1, 0.15) is 12.5 Å². The number of aromatic hydroxyl groups is 1. The number of halogens is 3. The summed E-state index contributed by atoms with van der Waals surface area (Å²) in [6, 6.07) is 3.90. The first-order chi connectivity index (χ1) is 5.43. The van der Waals surface area contributed by atoms with Crippen LogP contribution in [-0.4, -0.2) is 5.11 Å². The molecule has 0 saturated heterocycles. The molecule has 0 radical (unpaired) electrons. The predicted octanol–water partition coefficient (Wildman–Crippen LogP) is 3.16. The Morgan fingerprint density at radius 1 is 1.42 bits per heavy atom. The van der Waals surface area contributed by atoms with E-state index in [2.05, 4.69) is 0 Å². The minimum atomic E-state index is -3.11. The Hall–Kier alpha value is -0.830. The molecule has 0 saturated carbocycles. The van der Waals surface area contributed by atoms with Crippen molar-refractivity contribution in [2.24, 2.45) is 0 Å². The number of phenols is 1. The van der Waals surface area contributed by atoms with Gasteiger partial charge in [0.1, 0.15) is 5.75 Å². The third kappa shape index (κ3) is 1.67. The Labute approximate surface area is 73.6 Å². The predicted molar refractivity (Wildman–Crippen MR) is 42.7 cm³/mol. The van der Waals surface area contributed by atoms with Crippen LogP contribution in [0.15, 0.2) is 18.2 Å². The van der Waals surface area contributed by atoms with Gasteiger partial charge in [0.2, 0.25) is 0 Å². The lowest BCUT2D eigenvalue weighted by atomic mass is 10.1. The van der Waals surface area contributed by atoms with E-state index in [1.165, 1.54) is 18.2 Å². The maximum absolute atomic E-state index is 12.7. The Morgan fingerprint density at radius 3 is 2.33 bits per heavy atom. The molecule has 0 spiro atoms. The van der Waals surface area contributed by atoms with E-state index in [1.807, 2.05) is 0 Å². The van der Waals surface area contributed by atoms with Crippen molar-refractivity contribution in [2.45, 2.75) is 12.8 Å². The number of hydrogen-bond donors (Lipinski definition) is 1. The molecule has 12 heavy (non-hydrogen) atoms. The first-order valence-corrected chi connectivity index (χ1v) is 3.66. The second kappa shape index (κ2) is 2.90. The summed E-state index contributed by atoms with van der Waals surface area (Å²) in [6.45, 7) is 0.688. The molecule has 1 N–H and O–H groups in total. The third-order valence-electron chi connectivity index (χ3n) is 1.43. The van der Waals surface area contributed by atoms with Crippen LogP contribution in [0, 0.1) is 0 Å². The zero-order valence-corrected chi connectivity index (χ0v) is 7.07. The highest BCUT2D eigenvalue weighted by Gasteiger charge is 2.30. The minimum absolute atomic E-state index is 0.123. The summed E-state index contributed by atoms with van der Waals surface area (Å²) in [5.74, 6) is -3.59. The number of phenolic OH excluding ortho intramolecular Hbond substituents is 1. The van der Waals surface area contributed by atoms with Gasteiger partial charge in [0, 0.05) is 6.92 Å². The second-order valence-corrected chi connectivity index (χ2v) is 2.93. The van der Waals surface area contributed by atoms with Gasteiger partial charge in [-0.2, -0.15) is 0 Å². The largest absolute Gasteiger partial charge is 0.507 e. The van der Waals surface area contributed by atoms with Gasteiger partial charge in [-0.1, -0.05) is 17.7 Å². The first-order valence-electron chi connectivity index (χ1n) is 3.28. The van der Waals surface area contributed by atoms with Gasteiger partial charge < -0.3 is 5.11 Å². The third-order valence-corrected chi connectivity index (χ3v) is 1.75. The zero-order valence-electron chi connectivity index (χ0n) is 6.31. The summed E-state index contributed by atoms with van der Waals surface area (Å²) in [5, 5.41) is 8.94. The molecule has 4 heteroatoms. The van der Waals surface area contributed by atoms with E-state index in [4.69, 9.17) is 16.7 Å². The fourth-order valence-corrected chi connectivity index (χ4v) is 1.28. The van der Waals surface area contributed by atoms with Gasteiger partial charge in [0.15, 0.2) is 0 Å². The average Bonchev–Trinajstić information content (AvgIpc) is 1.82. The second-order valence-electron chi connectivity index (χ2n) is 2.52. The van der Waals surface area contributed by atoms with Gasteiger partial charge >= 0.3 is 0 Å². The van der Waals surface area contributed by atoms with Crippen molar-refractivity contribution in [2.75, 3.05) is 0 Å². The highest BCUT2D eigenvalue weighted by molar-refractivity contribution is 6.31. The minimum Gasteiger partial charge on any atom is -0.507 e. The standard InChI is InChI=1S/C8H7ClF2O/c1-8(10,11)7-5(9)3-2-4-6(7)12/h2-4,12H,1H3. The van der Waals surface area contributed by atoms with Gasteiger partial charge in [0.25, 0.3) is 5.92 Å². The van der Waals surface area contributed by atoms with Gasteiger partial charge in [-0.05, 0) is 12.1 Å². The van der Waals surface area contributed by atoms with Crippen molar-refractivity contribution in [3.05, 3.63) is 28.8 Å². The van der Waals surface area contributed by atoms with Crippen LogP contribution in [0.4, 0.5) is 8.78 Å². The molecule has 1 nitrogen and oxygen atoms in total. The van der Waals surface area contributed by atoms with Gasteiger partial charge in [-0.3, -0.25) is 0 Å². The van der Waals surface area contributed by atoms with Crippen LogP contribution in [0.3, 0.4) is 0 Å². The van der Waals surface area contributed by atoms with Crippen molar-refractivity contribution < 1.29 is 13.9 Å². The molecule has 0 atom stereocenters. The smallest absolute Gasteiger partial charge is 0.275 e. The Bertz CT molecular complexity index is 273. The summed E-state index contributed by atoms with van der Waals surface area (Å²) < 4.78 is 25.5. The molecule has 1 aromatic rings. The highest BCUT2D eigenvalue weighted by Crippen LogP contribution is 2.38. The van der Waals surface area contributed by atoms with Crippen molar-refractivity contribution >= 4 is 11.6 Å². The molecule has 0 fully saturated rings. The van der Waals surface area contributed by atoms with Crippen LogP contribution in [0.2, 0.25) is 5.02 Å². The summed E-state index contributed by atoms with van der Waals surface area (Å²) in [5.41, 5.74) is -0.522. The van der Waals surface area contributed by atoms with E-state index in [0.29, 0.717) is 6.92 Å². The lowest BCUT2D eigenvalue weighted by molar-refractivity contribution is 0.0153. The number of hydrogen-bond acceptors (Lipinski definition) is 1. The maximum Gasteiger partial charge on any atom is 0.275 e. The van der Waals surface area contributed by atoms with Crippen LogP contribution in [-0.2, 0) is 5.92 Å². The zero-order chi connectivity index (χ0) is 9.35. The number of rotatable bonds is 1. The Kier molecular flexibility index (Phi) is 2.24. The number of benzene rings is 1. The van der Waals surface area contributed by atoms with E-state index in [9.17, 15) is 8.78 Å². The van der Waals surface area contributed by atoms with Crippen molar-refractivity contribution in [3.63, 3.8) is 0 Å². The monoisotopic (exact) mass is 192 g/mol. The molecule has 1 aromatic carbocycles. The van der Waals surface area contributed by atoms with E-state index in [1.54, 1.807) is 0 Å². The van der Waals surface area contributed by atoms with Crippen molar-refractivity contribution in [1.82, 2.24) is 0 Å². The van der Waals surface area contributed by atoms with E-state index in [-0.39, 0.29) is 5.02 Å². The van der Waals surface area contributed by atoms with Crippen LogP contribution >= 0.6 is 11.6 Å². The topological polar surface area (TPSA) is 20.2 Å². The van der Waals surface area contributed by atoms with Gasteiger partial charge in [0.05, 0.1) is 10.6 Å². The summed E-state index contributed by atoms with van der Waals surface area (Å²) in [6.07, 6.45) is 0. The molecule has 0 aliphatic rings. The van der Waals surface area contributed by atoms with E-state index in [0.717, 1.165) is 0 Å². The van der Waals surface area contributed by atoms with Crippen molar-refractivity contribution in [1.29, 1.82) is 0 Å². The fourth-order valence-electron chi connectivity index (χ4n) is 0.947. The molecule has 0 aliphatic heterocycles. The van der Waals surface area contributed by atoms with Crippen molar-refractivity contribution in [3.8, 4) is 5.75 Å². The lowest BCUT2D eigenvalue weighted by Gasteiger charge is -2.13. The number of alkyl halides is 2. The van der Waals surface area contributed by atoms with Crippen LogP contribution in [0.5, 0.6) is 5.75 Å². The Balaban J connectivity index is 3.31. The molecular weight excluding hydrogens is 186 g/mol. The molecule has 66 valence electrons. The van der Waals surface area contributed by atoms with Gasteiger partial charge in [-0.15, -0.1) is 0 Å². The van der Waals surface area contributed by atoms with Crippen LogP contribution < -0.4 is 0 Å². The summed E-state index contributed by atoms with van der Waals surface area (Å²) in [7, 11) is 0. The molecule has 0 heterocycles. The lowest BCUT2D eigenvalue weighted by Crippen LogP contribution is -2.07. The molecule has 0 unspecified atom stereocenters. The molecule has 0 aliphatic carbocycles. The average molecular weight is 193 g/mol. The first kappa shape index (κ1) is 9.26. The normalized spacial score (nSPS) is 11.7. The highest BCUT2D eigenvalue weighted by atomic mass is 35.5. The SMILES string of the molecule is CC(F)(F)c1c(O)cccc1Cl. The molecule has 1 rings (SSSR count). The van der Waals surface area contributed by atoms with Crippen LogP contribution in [0.25, 0.3) is 0 Å². The van der Waals surface area contributed by atoms with E-state index >= 15 is 0 Å². The Morgan fingerprint density at radius 2 is 2.00 bits per heavy atom. The molecule has 0 aromatic heterocycles. The molecule has 0 amide bonds.